The number of rotatable bonds is 4. The monoisotopic (exact) mass is 433 g/mol. The summed E-state index contributed by atoms with van der Waals surface area (Å²) in [7, 11) is 0. The molecule has 0 unspecified atom stereocenters. The van der Waals surface area contributed by atoms with E-state index in [0.717, 1.165) is 22.8 Å². The minimum Gasteiger partial charge on any atom is -0.348 e. The number of aromatic amines is 1. The highest BCUT2D eigenvalue weighted by Gasteiger charge is 2.36. The fourth-order valence-corrected chi connectivity index (χ4v) is 3.55. The molecule has 0 saturated carbocycles. The number of amides is 1. The van der Waals surface area contributed by atoms with Gasteiger partial charge < -0.3 is 10.3 Å². The average molecular weight is 433 g/mol. The van der Waals surface area contributed by atoms with Crippen LogP contribution in [0, 0.1) is 22.9 Å². The van der Waals surface area contributed by atoms with Crippen molar-refractivity contribution < 1.29 is 18.0 Å². The Kier molecular flexibility index (Phi) is 5.80. The summed E-state index contributed by atoms with van der Waals surface area (Å²) in [5.74, 6) is -2.97. The first kappa shape index (κ1) is 22.3. The molecule has 0 radical (unpaired) electrons. The fraction of sp³-hybridized carbons (Fsp3) is 0.318. The van der Waals surface area contributed by atoms with Gasteiger partial charge in [0.25, 0.3) is 5.56 Å². The number of H-pyrrole nitrogens is 1. The van der Waals surface area contributed by atoms with Crippen molar-refractivity contribution in [1.29, 1.82) is 0 Å². The number of aromatic nitrogens is 2. The lowest BCUT2D eigenvalue weighted by atomic mass is 9.85. The van der Waals surface area contributed by atoms with Crippen LogP contribution in [0.4, 0.5) is 13.2 Å². The van der Waals surface area contributed by atoms with Gasteiger partial charge in [0, 0.05) is 11.6 Å². The molecule has 1 heterocycles. The SMILES string of the molecule is C[C@@H](NC(=O)[C@H](n1c(=O)[nH]c2ccc(F)cc2c1=O)C(C)(C)C)c1ccc(F)cc1F. The van der Waals surface area contributed by atoms with E-state index in [9.17, 15) is 27.6 Å². The van der Waals surface area contributed by atoms with Crippen LogP contribution in [0.5, 0.6) is 0 Å². The molecule has 6 nitrogen and oxygen atoms in total. The third-order valence-corrected chi connectivity index (χ3v) is 5.01. The topological polar surface area (TPSA) is 84.0 Å². The van der Waals surface area contributed by atoms with Crippen LogP contribution in [-0.4, -0.2) is 15.5 Å². The second-order valence-electron chi connectivity index (χ2n) is 8.46. The van der Waals surface area contributed by atoms with Crippen LogP contribution < -0.4 is 16.6 Å². The summed E-state index contributed by atoms with van der Waals surface area (Å²) in [5.41, 5.74) is -2.39. The molecule has 0 aliphatic carbocycles. The number of nitrogens with one attached hydrogen (secondary N) is 2. The molecular formula is C22H22F3N3O3. The molecule has 3 aromatic rings. The van der Waals surface area contributed by atoms with Gasteiger partial charge in [-0.1, -0.05) is 26.8 Å². The van der Waals surface area contributed by atoms with E-state index in [1.165, 1.54) is 19.1 Å². The first-order valence-corrected chi connectivity index (χ1v) is 9.59. The summed E-state index contributed by atoms with van der Waals surface area (Å²) >= 11 is 0. The van der Waals surface area contributed by atoms with Gasteiger partial charge in [0.1, 0.15) is 23.5 Å². The van der Waals surface area contributed by atoms with E-state index in [2.05, 4.69) is 10.3 Å². The molecule has 0 aliphatic rings. The van der Waals surface area contributed by atoms with Crippen LogP contribution in [0.25, 0.3) is 10.9 Å². The second-order valence-corrected chi connectivity index (χ2v) is 8.46. The van der Waals surface area contributed by atoms with Crippen LogP contribution in [0.3, 0.4) is 0 Å². The van der Waals surface area contributed by atoms with Gasteiger partial charge in [-0.15, -0.1) is 0 Å². The molecule has 0 saturated heterocycles. The zero-order valence-corrected chi connectivity index (χ0v) is 17.4. The van der Waals surface area contributed by atoms with Gasteiger partial charge in [-0.25, -0.2) is 22.5 Å². The Labute approximate surface area is 175 Å². The van der Waals surface area contributed by atoms with E-state index in [0.29, 0.717) is 6.07 Å². The number of halogens is 3. The number of hydrogen-bond acceptors (Lipinski definition) is 3. The van der Waals surface area contributed by atoms with Gasteiger partial charge in [-0.3, -0.25) is 9.59 Å². The zero-order valence-electron chi connectivity index (χ0n) is 17.4. The third kappa shape index (κ3) is 4.40. The predicted molar refractivity (Wildman–Crippen MR) is 110 cm³/mol. The smallest absolute Gasteiger partial charge is 0.329 e. The van der Waals surface area contributed by atoms with Crippen LogP contribution >= 0.6 is 0 Å². The Bertz CT molecular complexity index is 1270. The number of fused-ring (bicyclic) bond motifs is 1. The number of hydrogen-bond donors (Lipinski definition) is 2. The van der Waals surface area contributed by atoms with Gasteiger partial charge in [-0.05, 0) is 36.6 Å². The lowest BCUT2D eigenvalue weighted by Crippen LogP contribution is -2.49. The van der Waals surface area contributed by atoms with E-state index in [-0.39, 0.29) is 16.5 Å². The molecule has 2 atom stereocenters. The third-order valence-electron chi connectivity index (χ3n) is 5.01. The van der Waals surface area contributed by atoms with E-state index >= 15 is 0 Å². The maximum absolute atomic E-state index is 14.1. The Morgan fingerprint density at radius 1 is 1.03 bits per heavy atom. The largest absolute Gasteiger partial charge is 0.348 e. The molecule has 2 N–H and O–H groups in total. The standard InChI is InChI=1S/C22H22F3N3O3/c1-11(14-7-5-13(24)10-16(14)25)26-19(29)18(22(2,3)4)28-20(30)15-9-12(23)6-8-17(15)27-21(28)31/h5-11,18H,1-4H3,(H,26,29)(H,27,31)/t11-,18+/m1/s1. The van der Waals surface area contributed by atoms with Crippen molar-refractivity contribution in [3.63, 3.8) is 0 Å². The lowest BCUT2D eigenvalue weighted by molar-refractivity contribution is -0.128. The Hall–Kier alpha value is -3.36. The van der Waals surface area contributed by atoms with Crippen LogP contribution in [-0.2, 0) is 4.79 Å². The van der Waals surface area contributed by atoms with Crippen molar-refractivity contribution in [2.45, 2.75) is 39.8 Å². The first-order chi connectivity index (χ1) is 14.4. The fourth-order valence-electron chi connectivity index (χ4n) is 3.55. The van der Waals surface area contributed by atoms with E-state index in [4.69, 9.17) is 0 Å². The molecule has 2 aromatic carbocycles. The predicted octanol–water partition coefficient (Wildman–Crippen LogP) is 3.57. The van der Waals surface area contributed by atoms with Gasteiger partial charge in [0.05, 0.1) is 16.9 Å². The summed E-state index contributed by atoms with van der Waals surface area (Å²) in [4.78, 5) is 41.4. The zero-order chi connectivity index (χ0) is 23.1. The molecule has 0 fully saturated rings. The minimum absolute atomic E-state index is 0.0456. The molecule has 0 aliphatic heterocycles. The van der Waals surface area contributed by atoms with E-state index in [1.807, 2.05) is 0 Å². The molecule has 0 bridgehead atoms. The van der Waals surface area contributed by atoms with Crippen molar-refractivity contribution in [2.75, 3.05) is 0 Å². The molecule has 9 heteroatoms. The van der Waals surface area contributed by atoms with Crippen LogP contribution in [0.1, 0.15) is 45.3 Å². The van der Waals surface area contributed by atoms with Gasteiger partial charge in [0.2, 0.25) is 5.91 Å². The summed E-state index contributed by atoms with van der Waals surface area (Å²) in [6.45, 7) is 6.46. The highest BCUT2D eigenvalue weighted by atomic mass is 19.1. The average Bonchev–Trinajstić information content (AvgIpc) is 2.64. The quantitative estimate of drug-likeness (QED) is 0.660. The first-order valence-electron chi connectivity index (χ1n) is 9.59. The summed E-state index contributed by atoms with van der Waals surface area (Å²) < 4.78 is 41.7. The Balaban J connectivity index is 2.08. The normalized spacial score (nSPS) is 13.8. The minimum atomic E-state index is -1.29. The number of benzene rings is 2. The Morgan fingerprint density at radius 3 is 2.26 bits per heavy atom. The molecule has 1 aromatic heterocycles. The summed E-state index contributed by atoms with van der Waals surface area (Å²) in [6, 6.07) is 4.17. The van der Waals surface area contributed by atoms with Crippen LogP contribution in [0.15, 0.2) is 46.0 Å². The molecule has 3 rings (SSSR count). The number of carbonyl (C=O) groups excluding carboxylic acids is 1. The highest BCUT2D eigenvalue weighted by molar-refractivity contribution is 5.82. The summed E-state index contributed by atoms with van der Waals surface area (Å²) in [6.07, 6.45) is 0. The molecule has 164 valence electrons. The number of nitrogens with zero attached hydrogens (tertiary/aromatic N) is 1. The van der Waals surface area contributed by atoms with Crippen molar-refractivity contribution >= 4 is 16.8 Å². The molecule has 0 spiro atoms. The van der Waals surface area contributed by atoms with Gasteiger partial charge in [-0.2, -0.15) is 0 Å². The molecular weight excluding hydrogens is 411 g/mol. The molecule has 31 heavy (non-hydrogen) atoms. The second kappa shape index (κ2) is 8.05. The van der Waals surface area contributed by atoms with E-state index < -0.39 is 52.1 Å². The van der Waals surface area contributed by atoms with Crippen molar-refractivity contribution in [3.05, 3.63) is 80.3 Å². The maximum atomic E-state index is 14.1. The molecule has 1 amide bonds. The van der Waals surface area contributed by atoms with Gasteiger partial charge in [0.15, 0.2) is 0 Å². The highest BCUT2D eigenvalue weighted by Crippen LogP contribution is 2.30. The number of carbonyl (C=O) groups is 1. The van der Waals surface area contributed by atoms with Crippen molar-refractivity contribution in [1.82, 2.24) is 14.9 Å². The van der Waals surface area contributed by atoms with E-state index in [1.54, 1.807) is 20.8 Å². The van der Waals surface area contributed by atoms with Crippen molar-refractivity contribution in [2.24, 2.45) is 5.41 Å². The summed E-state index contributed by atoms with van der Waals surface area (Å²) in [5, 5.41) is 2.50. The van der Waals surface area contributed by atoms with Crippen molar-refractivity contribution in [3.8, 4) is 0 Å². The van der Waals surface area contributed by atoms with Crippen LogP contribution in [0.2, 0.25) is 0 Å². The Morgan fingerprint density at radius 2 is 1.65 bits per heavy atom. The van der Waals surface area contributed by atoms with Gasteiger partial charge >= 0.3 is 5.69 Å². The lowest BCUT2D eigenvalue weighted by Gasteiger charge is -2.31. The maximum Gasteiger partial charge on any atom is 0.329 e.